The van der Waals surface area contributed by atoms with E-state index >= 15 is 0 Å². The Morgan fingerprint density at radius 1 is 0.967 bits per heavy atom. The summed E-state index contributed by atoms with van der Waals surface area (Å²) in [5, 5.41) is 8.35. The van der Waals surface area contributed by atoms with E-state index in [1.54, 1.807) is 6.26 Å². The predicted molar refractivity (Wildman–Crippen MR) is 123 cm³/mol. The Bertz CT molecular complexity index is 1420. The summed E-state index contributed by atoms with van der Waals surface area (Å²) in [4.78, 5) is 0. The maximum Gasteiger partial charge on any atom is 0.217 e. The van der Waals surface area contributed by atoms with Crippen molar-refractivity contribution in [3.05, 3.63) is 102 Å². The predicted octanol–water partition coefficient (Wildman–Crippen LogP) is 6.16. The second kappa shape index (κ2) is 6.74. The van der Waals surface area contributed by atoms with Gasteiger partial charge in [0.2, 0.25) is 5.69 Å². The van der Waals surface area contributed by atoms with E-state index < -0.39 is 0 Å². The molecule has 5 rings (SSSR count). The lowest BCUT2D eigenvalue weighted by molar-refractivity contribution is -0.486. The van der Waals surface area contributed by atoms with E-state index in [-0.39, 0.29) is 5.41 Å². The Morgan fingerprint density at radius 2 is 1.80 bits per heavy atom. The Balaban J connectivity index is 1.73. The molecule has 1 aliphatic heterocycles. The highest BCUT2D eigenvalue weighted by molar-refractivity contribution is 5.91. The first kappa shape index (κ1) is 18.4. The van der Waals surface area contributed by atoms with Gasteiger partial charge in [-0.15, -0.1) is 5.70 Å². The van der Waals surface area contributed by atoms with Gasteiger partial charge in [0, 0.05) is 17.7 Å². The largest absolute Gasteiger partial charge is 0.654 e. The molecule has 2 aromatic carbocycles. The van der Waals surface area contributed by atoms with Gasteiger partial charge in [-0.1, -0.05) is 56.8 Å². The molecule has 0 saturated heterocycles. The van der Waals surface area contributed by atoms with Crippen LogP contribution in [-0.4, -0.2) is 0 Å². The second-order valence-corrected chi connectivity index (χ2v) is 8.77. The van der Waals surface area contributed by atoms with E-state index in [0.29, 0.717) is 0 Å². The number of fused-ring (bicyclic) bond motifs is 2. The van der Waals surface area contributed by atoms with Crippen LogP contribution in [0.1, 0.15) is 32.1 Å². The molecular weight excluding hydrogens is 368 g/mol. The van der Waals surface area contributed by atoms with E-state index in [0.717, 1.165) is 33.6 Å². The first-order valence-electron chi connectivity index (χ1n) is 10.1. The van der Waals surface area contributed by atoms with Gasteiger partial charge in [-0.2, -0.15) is 4.24 Å². The molecule has 3 nitrogen and oxygen atoms in total. The van der Waals surface area contributed by atoms with Crippen molar-refractivity contribution >= 4 is 28.2 Å². The van der Waals surface area contributed by atoms with Gasteiger partial charge in [0.15, 0.2) is 6.20 Å². The van der Waals surface area contributed by atoms with E-state index in [2.05, 4.69) is 76.0 Å². The fourth-order valence-electron chi connectivity index (χ4n) is 4.03. The minimum atomic E-state index is 0.0348. The van der Waals surface area contributed by atoms with Gasteiger partial charge >= 0.3 is 0 Å². The Kier molecular flexibility index (Phi) is 4.14. The first-order chi connectivity index (χ1) is 14.4. The highest BCUT2D eigenvalue weighted by Crippen LogP contribution is 2.36. The zero-order chi connectivity index (χ0) is 20.9. The molecule has 30 heavy (non-hydrogen) atoms. The molecule has 1 aliphatic rings. The number of hydrogen-bond donors (Lipinski definition) is 0. The first-order valence-corrected chi connectivity index (χ1v) is 10.1. The number of nitrogens with zero attached hydrogens (tertiary/aromatic N) is 2. The Labute approximate surface area is 176 Å². The molecule has 0 radical (unpaired) electrons. The quantitative estimate of drug-likeness (QED) is 0.357. The van der Waals surface area contributed by atoms with Gasteiger partial charge in [0.05, 0.1) is 6.26 Å². The van der Waals surface area contributed by atoms with Gasteiger partial charge in [0.1, 0.15) is 12.5 Å². The van der Waals surface area contributed by atoms with Gasteiger partial charge in [-0.05, 0) is 51.2 Å². The normalized spacial score (nSPS) is 15.2. The molecule has 0 bridgehead atoms. The van der Waals surface area contributed by atoms with Crippen molar-refractivity contribution in [2.45, 2.75) is 26.2 Å². The van der Waals surface area contributed by atoms with Crippen LogP contribution in [0.3, 0.4) is 0 Å². The zero-order valence-corrected chi connectivity index (χ0v) is 17.5. The van der Waals surface area contributed by atoms with Crippen molar-refractivity contribution in [3.8, 4) is 11.3 Å². The van der Waals surface area contributed by atoms with Crippen LogP contribution in [0.2, 0.25) is 0 Å². The van der Waals surface area contributed by atoms with Crippen LogP contribution in [0, 0.1) is 6.72 Å². The number of rotatable bonds is 1. The average Bonchev–Trinajstić information content (AvgIpc) is 3.20. The third-order valence-electron chi connectivity index (χ3n) is 5.60. The third-order valence-corrected chi connectivity index (χ3v) is 5.60. The highest BCUT2D eigenvalue weighted by atomic mass is 16.3. The maximum atomic E-state index is 5.43. The van der Waals surface area contributed by atoms with E-state index in [9.17, 15) is 0 Å². The van der Waals surface area contributed by atoms with Crippen molar-refractivity contribution in [3.63, 3.8) is 0 Å². The smallest absolute Gasteiger partial charge is 0.217 e. The molecule has 0 saturated carbocycles. The number of furan rings is 1. The summed E-state index contributed by atoms with van der Waals surface area (Å²) >= 11 is 0. The van der Waals surface area contributed by atoms with E-state index in [1.807, 2.05) is 28.7 Å². The molecule has 0 unspecified atom stereocenters. The number of pyridine rings is 1. The molecule has 3 heteroatoms. The van der Waals surface area contributed by atoms with Crippen molar-refractivity contribution in [1.82, 2.24) is 0 Å². The van der Waals surface area contributed by atoms with Crippen LogP contribution < -0.4 is 9.46 Å². The molecule has 2 aromatic heterocycles. The molecule has 4 aromatic rings. The lowest BCUT2D eigenvalue weighted by Crippen LogP contribution is -2.22. The highest BCUT2D eigenvalue weighted by Gasteiger charge is 2.20. The van der Waals surface area contributed by atoms with Crippen molar-refractivity contribution in [2.24, 2.45) is 0 Å². The molecule has 0 N–H and O–H groups in total. The van der Waals surface area contributed by atoms with Gasteiger partial charge in [0.25, 0.3) is 0 Å². The topological polar surface area (TPSA) is 33.1 Å². The molecule has 0 spiro atoms. The lowest BCUT2D eigenvalue weighted by Gasteiger charge is -2.26. The SMILES string of the molecule is C=[n+]1ccc(=C2C=Cc3occc3[N-]2)cc1-c1cc(C(C)(C)C)c2ccccc2c1. The van der Waals surface area contributed by atoms with Crippen LogP contribution in [0.25, 0.3) is 39.1 Å². The summed E-state index contributed by atoms with van der Waals surface area (Å²) in [7, 11) is 0. The molecule has 148 valence electrons. The summed E-state index contributed by atoms with van der Waals surface area (Å²) in [5.41, 5.74) is 5.35. The summed E-state index contributed by atoms with van der Waals surface area (Å²) in [6.45, 7) is 11.0. The number of aromatic nitrogens is 1. The number of benzene rings is 2. The van der Waals surface area contributed by atoms with Crippen LogP contribution in [0.15, 0.2) is 77.6 Å². The summed E-state index contributed by atoms with van der Waals surface area (Å²) in [6, 6.07) is 19.2. The van der Waals surface area contributed by atoms with Crippen LogP contribution in [-0.2, 0) is 5.41 Å². The molecule has 0 amide bonds. The molecule has 0 aliphatic carbocycles. The van der Waals surface area contributed by atoms with E-state index in [1.165, 1.54) is 16.3 Å². The van der Waals surface area contributed by atoms with Crippen molar-refractivity contribution < 1.29 is 8.66 Å². The zero-order valence-electron chi connectivity index (χ0n) is 17.5. The standard InChI is InChI=1S/C27H24N2O/c1-27(2,3)22-16-20(15-18-7-5-6-8-21(18)22)25-17-19(11-13-29(25)4)23-9-10-26-24(28-23)12-14-30-26/h5-17H,4H2,1-3H3. The Hall–Kier alpha value is -3.59. The molecule has 0 fully saturated rings. The van der Waals surface area contributed by atoms with Crippen LogP contribution in [0.5, 0.6) is 0 Å². The number of hydrogen-bond acceptors (Lipinski definition) is 1. The summed E-state index contributed by atoms with van der Waals surface area (Å²) in [5.74, 6) is 0.798. The summed E-state index contributed by atoms with van der Waals surface area (Å²) < 4.78 is 7.36. The minimum Gasteiger partial charge on any atom is -0.654 e. The molecule has 3 heterocycles. The minimum absolute atomic E-state index is 0.0348. The van der Waals surface area contributed by atoms with Gasteiger partial charge < -0.3 is 9.73 Å². The monoisotopic (exact) mass is 392 g/mol. The van der Waals surface area contributed by atoms with Crippen LogP contribution >= 0.6 is 0 Å². The second-order valence-electron chi connectivity index (χ2n) is 8.77. The third kappa shape index (κ3) is 3.13. The summed E-state index contributed by atoms with van der Waals surface area (Å²) in [6.07, 6.45) is 7.64. The molecular formula is C27H24N2O. The van der Waals surface area contributed by atoms with Gasteiger partial charge in [-0.3, -0.25) is 0 Å². The molecule has 0 atom stereocenters. The fourth-order valence-corrected chi connectivity index (χ4v) is 4.03. The van der Waals surface area contributed by atoms with Crippen molar-refractivity contribution in [1.29, 1.82) is 0 Å². The fraction of sp³-hybridized carbons (Fsp3) is 0.148. The average molecular weight is 393 g/mol. The lowest BCUT2D eigenvalue weighted by atomic mass is 9.82. The van der Waals surface area contributed by atoms with Crippen LogP contribution in [0.4, 0.5) is 5.69 Å². The van der Waals surface area contributed by atoms with Gasteiger partial charge in [-0.25, -0.2) is 0 Å². The van der Waals surface area contributed by atoms with Crippen molar-refractivity contribution in [2.75, 3.05) is 0 Å². The Morgan fingerprint density at radius 3 is 2.63 bits per heavy atom. The van der Waals surface area contributed by atoms with E-state index in [4.69, 9.17) is 9.73 Å². The maximum absolute atomic E-state index is 5.43.